The first-order chi connectivity index (χ1) is 9.60. The van der Waals surface area contributed by atoms with Crippen LogP contribution in [0.25, 0.3) is 0 Å². The molecule has 4 heteroatoms. The zero-order valence-corrected chi connectivity index (χ0v) is 11.7. The molecular weight excluding hydrogens is 252 g/mol. The number of nitro benzene ring substituents is 1. The molecule has 104 valence electrons. The van der Waals surface area contributed by atoms with E-state index in [0.29, 0.717) is 5.92 Å². The lowest BCUT2D eigenvalue weighted by Crippen LogP contribution is -1.94. The van der Waals surface area contributed by atoms with E-state index in [9.17, 15) is 10.1 Å². The zero-order chi connectivity index (χ0) is 14.5. The van der Waals surface area contributed by atoms with Crippen molar-refractivity contribution in [3.8, 4) is 0 Å². The molecule has 0 aliphatic heterocycles. The van der Waals surface area contributed by atoms with Crippen LogP contribution < -0.4 is 5.32 Å². The van der Waals surface area contributed by atoms with Gasteiger partial charge in [-0.1, -0.05) is 26.0 Å². The average Bonchev–Trinajstić information content (AvgIpc) is 2.48. The van der Waals surface area contributed by atoms with Gasteiger partial charge in [-0.25, -0.2) is 0 Å². The number of hydrogen-bond acceptors (Lipinski definition) is 3. The van der Waals surface area contributed by atoms with Gasteiger partial charge in [0.15, 0.2) is 0 Å². The Hall–Kier alpha value is -2.36. The third kappa shape index (κ3) is 3.35. The summed E-state index contributed by atoms with van der Waals surface area (Å²) in [4.78, 5) is 10.2. The molecule has 20 heavy (non-hydrogen) atoms. The van der Waals surface area contributed by atoms with Crippen molar-refractivity contribution in [1.82, 2.24) is 0 Å². The largest absolute Gasteiger partial charge is 0.356 e. The molecule has 0 spiro atoms. The van der Waals surface area contributed by atoms with Gasteiger partial charge in [0, 0.05) is 23.5 Å². The van der Waals surface area contributed by atoms with Crippen LogP contribution in [0.15, 0.2) is 48.5 Å². The van der Waals surface area contributed by atoms with E-state index < -0.39 is 4.92 Å². The van der Waals surface area contributed by atoms with Crippen LogP contribution in [-0.2, 0) is 0 Å². The predicted molar refractivity (Wildman–Crippen MR) is 81.5 cm³/mol. The predicted octanol–water partition coefficient (Wildman–Crippen LogP) is 4.85. The molecule has 2 aromatic rings. The number of hydrogen-bond donors (Lipinski definition) is 1. The van der Waals surface area contributed by atoms with Gasteiger partial charge in [-0.15, -0.1) is 0 Å². The van der Waals surface area contributed by atoms with Crippen LogP contribution in [0.5, 0.6) is 0 Å². The number of rotatable bonds is 5. The van der Waals surface area contributed by atoms with Crippen LogP contribution in [0.3, 0.4) is 0 Å². The van der Waals surface area contributed by atoms with Crippen molar-refractivity contribution in [2.45, 2.75) is 26.2 Å². The lowest BCUT2D eigenvalue weighted by molar-refractivity contribution is -0.384. The van der Waals surface area contributed by atoms with Crippen LogP contribution >= 0.6 is 0 Å². The Morgan fingerprint density at radius 1 is 1.05 bits per heavy atom. The second kappa shape index (κ2) is 6.19. The second-order valence-corrected chi connectivity index (χ2v) is 4.86. The maximum atomic E-state index is 10.6. The molecule has 0 saturated heterocycles. The van der Waals surface area contributed by atoms with Gasteiger partial charge in [0.2, 0.25) is 0 Å². The first kappa shape index (κ1) is 14.1. The Morgan fingerprint density at radius 3 is 2.00 bits per heavy atom. The minimum absolute atomic E-state index is 0.0997. The van der Waals surface area contributed by atoms with E-state index in [1.807, 2.05) is 12.1 Å². The summed E-state index contributed by atoms with van der Waals surface area (Å²) in [6.07, 6.45) is 1.12. The highest BCUT2D eigenvalue weighted by molar-refractivity contribution is 5.61. The Bertz CT molecular complexity index is 576. The van der Waals surface area contributed by atoms with Crippen LogP contribution in [0.4, 0.5) is 17.1 Å². The molecule has 0 fully saturated rings. The number of non-ortho nitro benzene ring substituents is 1. The van der Waals surface area contributed by atoms with Gasteiger partial charge >= 0.3 is 0 Å². The van der Waals surface area contributed by atoms with Crippen molar-refractivity contribution in [2.75, 3.05) is 5.32 Å². The summed E-state index contributed by atoms with van der Waals surface area (Å²) in [6, 6.07) is 14.7. The number of nitro groups is 1. The summed E-state index contributed by atoms with van der Waals surface area (Å²) in [7, 11) is 0. The van der Waals surface area contributed by atoms with Crippen LogP contribution in [-0.4, -0.2) is 4.92 Å². The monoisotopic (exact) mass is 270 g/mol. The van der Waals surface area contributed by atoms with E-state index in [4.69, 9.17) is 0 Å². The van der Waals surface area contributed by atoms with Gasteiger partial charge < -0.3 is 5.32 Å². The maximum absolute atomic E-state index is 10.6. The molecule has 0 aromatic heterocycles. The molecule has 0 saturated carbocycles. The van der Waals surface area contributed by atoms with Gasteiger partial charge in [-0.05, 0) is 42.2 Å². The molecule has 2 rings (SSSR count). The van der Waals surface area contributed by atoms with Gasteiger partial charge in [0.1, 0.15) is 0 Å². The topological polar surface area (TPSA) is 55.2 Å². The standard InChI is InChI=1S/C16H18N2O2/c1-3-12(2)13-4-6-14(7-5-13)17-15-8-10-16(11-9-15)18(19)20/h4-12,17H,3H2,1-2H3. The summed E-state index contributed by atoms with van der Waals surface area (Å²) < 4.78 is 0. The molecule has 0 aliphatic carbocycles. The SMILES string of the molecule is CCC(C)c1ccc(Nc2ccc([N+](=O)[O-])cc2)cc1. The highest BCUT2D eigenvalue weighted by Crippen LogP contribution is 2.23. The van der Waals surface area contributed by atoms with E-state index >= 15 is 0 Å². The maximum Gasteiger partial charge on any atom is 0.269 e. The molecule has 0 heterocycles. The summed E-state index contributed by atoms with van der Waals surface area (Å²) in [5.41, 5.74) is 3.24. The van der Waals surface area contributed by atoms with Crippen molar-refractivity contribution >= 4 is 17.1 Å². The lowest BCUT2D eigenvalue weighted by Gasteiger charge is -2.11. The Kier molecular flexibility index (Phi) is 4.35. The summed E-state index contributed by atoms with van der Waals surface area (Å²) in [5.74, 6) is 0.559. The smallest absolute Gasteiger partial charge is 0.269 e. The van der Waals surface area contributed by atoms with Crippen LogP contribution in [0.1, 0.15) is 31.7 Å². The van der Waals surface area contributed by atoms with Gasteiger partial charge in [-0.3, -0.25) is 10.1 Å². The average molecular weight is 270 g/mol. The first-order valence-corrected chi connectivity index (χ1v) is 6.71. The summed E-state index contributed by atoms with van der Waals surface area (Å²) in [6.45, 7) is 4.38. The fourth-order valence-electron chi connectivity index (χ4n) is 1.96. The van der Waals surface area contributed by atoms with Gasteiger partial charge in [0.05, 0.1) is 4.92 Å². The third-order valence-corrected chi connectivity index (χ3v) is 3.46. The molecule has 2 aromatic carbocycles. The summed E-state index contributed by atoms with van der Waals surface area (Å²) >= 11 is 0. The van der Waals surface area contributed by atoms with Crippen molar-refractivity contribution < 1.29 is 4.92 Å². The Balaban J connectivity index is 2.08. The number of nitrogens with one attached hydrogen (secondary N) is 1. The summed E-state index contributed by atoms with van der Waals surface area (Å²) in [5, 5.41) is 13.8. The molecule has 0 amide bonds. The van der Waals surface area contributed by atoms with Crippen LogP contribution in [0.2, 0.25) is 0 Å². The number of nitrogens with zero attached hydrogens (tertiary/aromatic N) is 1. The van der Waals surface area contributed by atoms with E-state index in [1.165, 1.54) is 17.7 Å². The molecule has 0 bridgehead atoms. The van der Waals surface area contributed by atoms with E-state index in [2.05, 4.69) is 31.3 Å². The highest BCUT2D eigenvalue weighted by Gasteiger charge is 2.05. The number of benzene rings is 2. The van der Waals surface area contributed by atoms with E-state index in [-0.39, 0.29) is 5.69 Å². The minimum Gasteiger partial charge on any atom is -0.356 e. The second-order valence-electron chi connectivity index (χ2n) is 4.86. The van der Waals surface area contributed by atoms with E-state index in [1.54, 1.807) is 12.1 Å². The molecular formula is C16H18N2O2. The van der Waals surface area contributed by atoms with Gasteiger partial charge in [0.25, 0.3) is 5.69 Å². The fourth-order valence-corrected chi connectivity index (χ4v) is 1.96. The zero-order valence-electron chi connectivity index (χ0n) is 11.7. The quantitative estimate of drug-likeness (QED) is 0.624. The molecule has 0 aliphatic rings. The van der Waals surface area contributed by atoms with Crippen LogP contribution in [0, 0.1) is 10.1 Å². The van der Waals surface area contributed by atoms with Crippen molar-refractivity contribution in [2.24, 2.45) is 0 Å². The fraction of sp³-hybridized carbons (Fsp3) is 0.250. The minimum atomic E-state index is -0.398. The Morgan fingerprint density at radius 2 is 1.55 bits per heavy atom. The molecule has 0 radical (unpaired) electrons. The molecule has 1 unspecified atom stereocenters. The third-order valence-electron chi connectivity index (χ3n) is 3.46. The van der Waals surface area contributed by atoms with Gasteiger partial charge in [-0.2, -0.15) is 0 Å². The lowest BCUT2D eigenvalue weighted by atomic mass is 9.99. The number of anilines is 2. The van der Waals surface area contributed by atoms with Crippen molar-refractivity contribution in [3.63, 3.8) is 0 Å². The molecule has 1 N–H and O–H groups in total. The Labute approximate surface area is 118 Å². The van der Waals surface area contributed by atoms with Crippen molar-refractivity contribution in [1.29, 1.82) is 0 Å². The normalized spacial score (nSPS) is 11.9. The molecule has 4 nitrogen and oxygen atoms in total. The highest BCUT2D eigenvalue weighted by atomic mass is 16.6. The van der Waals surface area contributed by atoms with Crippen molar-refractivity contribution in [3.05, 3.63) is 64.2 Å². The van der Waals surface area contributed by atoms with E-state index in [0.717, 1.165) is 17.8 Å². The molecule has 1 atom stereocenters. The first-order valence-electron chi connectivity index (χ1n) is 6.71.